The van der Waals surface area contributed by atoms with Crippen molar-refractivity contribution in [3.8, 4) is 0 Å². The van der Waals surface area contributed by atoms with Crippen LogP contribution in [0.2, 0.25) is 0 Å². The van der Waals surface area contributed by atoms with Gasteiger partial charge in [0.05, 0.1) is 10.6 Å². The number of carbonyl (C=O) groups is 1. The van der Waals surface area contributed by atoms with Gasteiger partial charge in [-0.2, -0.15) is 0 Å². The van der Waals surface area contributed by atoms with Crippen LogP contribution in [0.4, 0.5) is 5.69 Å². The van der Waals surface area contributed by atoms with Gasteiger partial charge in [0.15, 0.2) is 5.16 Å². The number of carbonyl (C=O) groups excluding carboxylic acids is 1. The summed E-state index contributed by atoms with van der Waals surface area (Å²) in [5.74, 6) is 0.549. The van der Waals surface area contributed by atoms with Crippen molar-refractivity contribution in [1.82, 2.24) is 14.8 Å². The van der Waals surface area contributed by atoms with Gasteiger partial charge in [-0.1, -0.05) is 23.9 Å². The molecular formula is C15H19N5O3S2. The maximum absolute atomic E-state index is 12.1. The number of thioether (sulfide) groups is 1. The van der Waals surface area contributed by atoms with Crippen LogP contribution in [-0.4, -0.2) is 34.8 Å². The summed E-state index contributed by atoms with van der Waals surface area (Å²) in [6.07, 6.45) is 1.72. The molecule has 1 aromatic heterocycles. The monoisotopic (exact) mass is 381 g/mol. The number of nitrogens with zero attached hydrogens (tertiary/aromatic N) is 3. The van der Waals surface area contributed by atoms with Crippen LogP contribution < -0.4 is 10.5 Å². The third kappa shape index (κ3) is 4.91. The van der Waals surface area contributed by atoms with E-state index in [0.717, 1.165) is 5.82 Å². The third-order valence-electron chi connectivity index (χ3n) is 3.32. The Hall–Kier alpha value is -2.17. The van der Waals surface area contributed by atoms with E-state index in [0.29, 0.717) is 23.0 Å². The van der Waals surface area contributed by atoms with Gasteiger partial charge >= 0.3 is 0 Å². The van der Waals surface area contributed by atoms with E-state index >= 15 is 0 Å². The quantitative estimate of drug-likeness (QED) is 0.553. The standard InChI is InChI=1S/C15H19N5O3S2/c1-4-7-20-11(3)18-19-15(20)24-9-14(21)17-12-6-5-10(2)13(8-12)25(16,22)23/h4-6,8H,1,7,9H2,2-3H3,(H,17,21)(H2,16,22,23). The summed E-state index contributed by atoms with van der Waals surface area (Å²) in [5, 5.41) is 16.4. The van der Waals surface area contributed by atoms with Gasteiger partial charge < -0.3 is 9.88 Å². The van der Waals surface area contributed by atoms with Crippen LogP contribution in [0, 0.1) is 13.8 Å². The molecular weight excluding hydrogens is 362 g/mol. The number of anilines is 1. The molecule has 2 aromatic rings. The number of rotatable bonds is 7. The van der Waals surface area contributed by atoms with E-state index < -0.39 is 10.0 Å². The first kappa shape index (κ1) is 19.2. The Morgan fingerprint density at radius 2 is 2.12 bits per heavy atom. The van der Waals surface area contributed by atoms with Gasteiger partial charge in [0.2, 0.25) is 15.9 Å². The predicted octanol–water partition coefficient (Wildman–Crippen LogP) is 1.46. The number of hydrogen-bond acceptors (Lipinski definition) is 6. The van der Waals surface area contributed by atoms with E-state index in [1.165, 1.54) is 17.8 Å². The number of hydrogen-bond donors (Lipinski definition) is 2. The Kier molecular flexibility index (Phi) is 5.98. The van der Waals surface area contributed by atoms with Gasteiger partial charge in [0.25, 0.3) is 0 Å². The highest BCUT2D eigenvalue weighted by molar-refractivity contribution is 7.99. The highest BCUT2D eigenvalue weighted by atomic mass is 32.2. The summed E-state index contributed by atoms with van der Waals surface area (Å²) in [4.78, 5) is 12.1. The molecule has 0 spiro atoms. The average Bonchev–Trinajstić information content (AvgIpc) is 2.87. The molecule has 8 nitrogen and oxygen atoms in total. The van der Waals surface area contributed by atoms with Gasteiger partial charge in [0, 0.05) is 12.2 Å². The summed E-state index contributed by atoms with van der Waals surface area (Å²) in [5.41, 5.74) is 0.881. The molecule has 0 aliphatic rings. The van der Waals surface area contributed by atoms with Crippen LogP contribution in [0.15, 0.2) is 40.9 Å². The fourth-order valence-electron chi connectivity index (χ4n) is 2.12. The summed E-state index contributed by atoms with van der Waals surface area (Å²) in [7, 11) is -3.84. The minimum atomic E-state index is -3.84. The molecule has 0 saturated heterocycles. The highest BCUT2D eigenvalue weighted by Crippen LogP contribution is 2.20. The molecule has 1 amide bonds. The van der Waals surface area contributed by atoms with Crippen molar-refractivity contribution in [2.75, 3.05) is 11.1 Å². The fourth-order valence-corrected chi connectivity index (χ4v) is 3.72. The average molecular weight is 381 g/mol. The maximum atomic E-state index is 12.1. The minimum absolute atomic E-state index is 0.0145. The molecule has 25 heavy (non-hydrogen) atoms. The number of aromatic nitrogens is 3. The zero-order valence-electron chi connectivity index (χ0n) is 13.9. The van der Waals surface area contributed by atoms with E-state index in [-0.39, 0.29) is 16.6 Å². The minimum Gasteiger partial charge on any atom is -0.325 e. The predicted molar refractivity (Wildman–Crippen MR) is 96.9 cm³/mol. The summed E-state index contributed by atoms with van der Waals surface area (Å²) >= 11 is 1.23. The van der Waals surface area contributed by atoms with Crippen LogP contribution in [0.5, 0.6) is 0 Å². The molecule has 3 N–H and O–H groups in total. The number of amides is 1. The third-order valence-corrected chi connectivity index (χ3v) is 5.34. The van der Waals surface area contributed by atoms with Crippen molar-refractivity contribution >= 4 is 33.4 Å². The van der Waals surface area contributed by atoms with Gasteiger partial charge in [-0.25, -0.2) is 13.6 Å². The van der Waals surface area contributed by atoms with Crippen molar-refractivity contribution in [2.24, 2.45) is 5.14 Å². The van der Waals surface area contributed by atoms with E-state index in [9.17, 15) is 13.2 Å². The second-order valence-electron chi connectivity index (χ2n) is 5.29. The second-order valence-corrected chi connectivity index (χ2v) is 7.76. The van der Waals surface area contributed by atoms with Crippen molar-refractivity contribution in [2.45, 2.75) is 30.4 Å². The number of aryl methyl sites for hydroxylation is 2. The SMILES string of the molecule is C=CCn1c(C)nnc1SCC(=O)Nc1ccc(C)c(S(N)(=O)=O)c1. The Balaban J connectivity index is 2.05. The number of nitrogens with two attached hydrogens (primary N) is 1. The Morgan fingerprint density at radius 3 is 2.76 bits per heavy atom. The number of benzene rings is 1. The van der Waals surface area contributed by atoms with Gasteiger partial charge in [-0.3, -0.25) is 4.79 Å². The van der Waals surface area contributed by atoms with E-state index in [1.807, 2.05) is 11.5 Å². The molecule has 1 aromatic carbocycles. The lowest BCUT2D eigenvalue weighted by molar-refractivity contribution is -0.113. The molecule has 0 fully saturated rings. The molecule has 0 bridgehead atoms. The summed E-state index contributed by atoms with van der Waals surface area (Å²) in [6.45, 7) is 7.69. The largest absolute Gasteiger partial charge is 0.325 e. The Labute approximate surface area is 150 Å². The number of nitrogens with one attached hydrogen (secondary N) is 1. The molecule has 2 rings (SSSR count). The van der Waals surface area contributed by atoms with Crippen LogP contribution in [0.3, 0.4) is 0 Å². The molecule has 0 unspecified atom stereocenters. The molecule has 0 atom stereocenters. The zero-order chi connectivity index (χ0) is 18.6. The zero-order valence-corrected chi connectivity index (χ0v) is 15.5. The van der Waals surface area contributed by atoms with Crippen molar-refractivity contribution in [3.63, 3.8) is 0 Å². The highest BCUT2D eigenvalue weighted by Gasteiger charge is 2.14. The first-order valence-electron chi connectivity index (χ1n) is 7.29. The van der Waals surface area contributed by atoms with Gasteiger partial charge in [-0.05, 0) is 31.5 Å². The lowest BCUT2D eigenvalue weighted by Crippen LogP contribution is -2.17. The van der Waals surface area contributed by atoms with E-state index in [4.69, 9.17) is 5.14 Å². The van der Waals surface area contributed by atoms with E-state index in [2.05, 4.69) is 22.1 Å². The van der Waals surface area contributed by atoms with Gasteiger partial charge in [0.1, 0.15) is 5.82 Å². The van der Waals surface area contributed by atoms with E-state index in [1.54, 1.807) is 25.1 Å². The molecule has 0 radical (unpaired) electrons. The first-order chi connectivity index (χ1) is 11.7. The normalized spacial score (nSPS) is 11.3. The summed E-state index contributed by atoms with van der Waals surface area (Å²) in [6, 6.07) is 4.56. The Morgan fingerprint density at radius 1 is 1.40 bits per heavy atom. The number of allylic oxidation sites excluding steroid dienone is 1. The topological polar surface area (TPSA) is 120 Å². The number of primary sulfonamides is 1. The molecule has 134 valence electrons. The van der Waals surface area contributed by atoms with Crippen LogP contribution in [0.1, 0.15) is 11.4 Å². The Bertz CT molecular complexity index is 906. The molecule has 1 heterocycles. The number of sulfonamides is 1. The summed E-state index contributed by atoms with van der Waals surface area (Å²) < 4.78 is 24.9. The van der Waals surface area contributed by atoms with Crippen molar-refractivity contribution in [1.29, 1.82) is 0 Å². The smallest absolute Gasteiger partial charge is 0.238 e. The molecule has 0 aliphatic carbocycles. The first-order valence-corrected chi connectivity index (χ1v) is 9.82. The fraction of sp³-hybridized carbons (Fsp3) is 0.267. The van der Waals surface area contributed by atoms with Crippen molar-refractivity contribution in [3.05, 3.63) is 42.2 Å². The van der Waals surface area contributed by atoms with Gasteiger partial charge in [-0.15, -0.1) is 16.8 Å². The lowest BCUT2D eigenvalue weighted by Gasteiger charge is -2.09. The second kappa shape index (κ2) is 7.81. The lowest BCUT2D eigenvalue weighted by atomic mass is 10.2. The van der Waals surface area contributed by atoms with Crippen LogP contribution in [0.25, 0.3) is 0 Å². The molecule has 0 aliphatic heterocycles. The van der Waals surface area contributed by atoms with Crippen LogP contribution >= 0.6 is 11.8 Å². The molecule has 0 saturated carbocycles. The molecule has 10 heteroatoms. The van der Waals surface area contributed by atoms with Crippen molar-refractivity contribution < 1.29 is 13.2 Å². The maximum Gasteiger partial charge on any atom is 0.238 e. The van der Waals surface area contributed by atoms with Crippen LogP contribution in [-0.2, 0) is 21.4 Å².